The zero-order chi connectivity index (χ0) is 12.1. The van der Waals surface area contributed by atoms with E-state index in [0.717, 1.165) is 12.1 Å². The molecule has 1 aromatic rings. The second kappa shape index (κ2) is 6.03. The van der Waals surface area contributed by atoms with Gasteiger partial charge in [-0.25, -0.2) is 0 Å². The molecule has 0 radical (unpaired) electrons. The lowest BCUT2D eigenvalue weighted by Gasteiger charge is -2.34. The van der Waals surface area contributed by atoms with Crippen LogP contribution in [0.1, 0.15) is 12.5 Å². The van der Waals surface area contributed by atoms with Crippen LogP contribution in [0, 0.1) is 0 Å². The van der Waals surface area contributed by atoms with Crippen LogP contribution >= 0.6 is 0 Å². The van der Waals surface area contributed by atoms with Crippen molar-refractivity contribution < 1.29 is 0 Å². The molecule has 17 heavy (non-hydrogen) atoms. The van der Waals surface area contributed by atoms with E-state index in [0.29, 0.717) is 0 Å². The van der Waals surface area contributed by atoms with E-state index >= 15 is 0 Å². The quantitative estimate of drug-likeness (QED) is 0.799. The molecule has 2 rings (SSSR count). The van der Waals surface area contributed by atoms with E-state index in [1.807, 2.05) is 12.1 Å². The van der Waals surface area contributed by atoms with Crippen LogP contribution in [-0.2, 0) is 6.42 Å². The molecule has 0 amide bonds. The number of likely N-dealkylation sites (N-methyl/N-ethyl adjacent to an activating group) is 1. The summed E-state index contributed by atoms with van der Waals surface area (Å²) in [6.45, 7) is 9.46. The molecule has 0 bridgehead atoms. The summed E-state index contributed by atoms with van der Waals surface area (Å²) >= 11 is 0. The first-order valence-corrected chi connectivity index (χ1v) is 6.57. The lowest BCUT2D eigenvalue weighted by molar-refractivity contribution is 0.138. The number of nitrogen functional groups attached to an aromatic ring is 1. The highest BCUT2D eigenvalue weighted by Gasteiger charge is 2.14. The molecule has 3 nitrogen and oxygen atoms in total. The van der Waals surface area contributed by atoms with Crippen molar-refractivity contribution in [3.63, 3.8) is 0 Å². The molecule has 1 aromatic carbocycles. The van der Waals surface area contributed by atoms with Crippen molar-refractivity contribution in [3.8, 4) is 0 Å². The molecule has 0 atom stereocenters. The molecule has 1 aliphatic heterocycles. The predicted molar refractivity (Wildman–Crippen MR) is 73.1 cm³/mol. The largest absolute Gasteiger partial charge is 0.399 e. The van der Waals surface area contributed by atoms with Gasteiger partial charge in [-0.2, -0.15) is 0 Å². The van der Waals surface area contributed by atoms with Crippen molar-refractivity contribution in [2.45, 2.75) is 13.3 Å². The van der Waals surface area contributed by atoms with Crippen LogP contribution in [-0.4, -0.2) is 49.1 Å². The van der Waals surface area contributed by atoms with Crippen LogP contribution in [0.15, 0.2) is 24.3 Å². The summed E-state index contributed by atoms with van der Waals surface area (Å²) in [5, 5.41) is 0. The smallest absolute Gasteiger partial charge is 0.0314 e. The second-order valence-corrected chi connectivity index (χ2v) is 4.77. The Morgan fingerprint density at radius 2 is 1.59 bits per heavy atom. The number of nitrogens with two attached hydrogens (primary N) is 1. The van der Waals surface area contributed by atoms with Gasteiger partial charge in [0.2, 0.25) is 0 Å². The van der Waals surface area contributed by atoms with Crippen LogP contribution < -0.4 is 5.73 Å². The topological polar surface area (TPSA) is 32.5 Å². The number of benzene rings is 1. The monoisotopic (exact) mass is 233 g/mol. The molecule has 94 valence electrons. The van der Waals surface area contributed by atoms with Gasteiger partial charge in [0.15, 0.2) is 0 Å². The summed E-state index contributed by atoms with van der Waals surface area (Å²) in [5.74, 6) is 0. The van der Waals surface area contributed by atoms with Crippen molar-refractivity contribution in [1.29, 1.82) is 0 Å². The Bertz CT molecular complexity index is 326. The Labute approximate surface area is 104 Å². The first-order valence-electron chi connectivity index (χ1n) is 6.57. The van der Waals surface area contributed by atoms with Gasteiger partial charge in [0.25, 0.3) is 0 Å². The minimum Gasteiger partial charge on any atom is -0.399 e. The third kappa shape index (κ3) is 3.72. The first-order chi connectivity index (χ1) is 8.28. The van der Waals surface area contributed by atoms with Crippen molar-refractivity contribution >= 4 is 5.69 Å². The molecule has 0 unspecified atom stereocenters. The maximum atomic E-state index is 5.68. The molecule has 0 aliphatic carbocycles. The normalized spacial score (nSPS) is 18.4. The molecule has 1 fully saturated rings. The van der Waals surface area contributed by atoms with Gasteiger partial charge in [-0.3, -0.25) is 0 Å². The fraction of sp³-hybridized carbons (Fsp3) is 0.571. The summed E-state index contributed by atoms with van der Waals surface area (Å²) < 4.78 is 0. The van der Waals surface area contributed by atoms with Gasteiger partial charge >= 0.3 is 0 Å². The lowest BCUT2D eigenvalue weighted by atomic mass is 10.1. The fourth-order valence-electron chi connectivity index (χ4n) is 2.30. The molecule has 1 aliphatic rings. The average molecular weight is 233 g/mol. The number of anilines is 1. The highest BCUT2D eigenvalue weighted by molar-refractivity contribution is 5.39. The first kappa shape index (κ1) is 12.4. The highest BCUT2D eigenvalue weighted by atomic mass is 15.3. The Kier molecular flexibility index (Phi) is 4.40. The van der Waals surface area contributed by atoms with Gasteiger partial charge in [0.1, 0.15) is 0 Å². The third-order valence-corrected chi connectivity index (χ3v) is 3.61. The molecular formula is C14H23N3. The summed E-state index contributed by atoms with van der Waals surface area (Å²) in [7, 11) is 0. The molecule has 2 N–H and O–H groups in total. The second-order valence-electron chi connectivity index (χ2n) is 4.77. The van der Waals surface area contributed by atoms with Crippen LogP contribution in [0.25, 0.3) is 0 Å². The van der Waals surface area contributed by atoms with Crippen LogP contribution in [0.5, 0.6) is 0 Å². The van der Waals surface area contributed by atoms with Crippen molar-refractivity contribution in [2.24, 2.45) is 0 Å². The van der Waals surface area contributed by atoms with Crippen molar-refractivity contribution in [1.82, 2.24) is 9.80 Å². The zero-order valence-corrected chi connectivity index (χ0v) is 10.7. The summed E-state index contributed by atoms with van der Waals surface area (Å²) in [5.41, 5.74) is 7.92. The van der Waals surface area contributed by atoms with Crippen LogP contribution in [0.3, 0.4) is 0 Å². The molecule has 3 heteroatoms. The average Bonchev–Trinajstić information content (AvgIpc) is 2.39. The summed E-state index contributed by atoms with van der Waals surface area (Å²) in [6.07, 6.45) is 1.13. The van der Waals surface area contributed by atoms with E-state index in [4.69, 9.17) is 5.73 Å². The van der Waals surface area contributed by atoms with Crippen molar-refractivity contribution in [3.05, 3.63) is 29.8 Å². The number of nitrogens with zero attached hydrogens (tertiary/aromatic N) is 2. The van der Waals surface area contributed by atoms with E-state index in [1.165, 1.54) is 44.8 Å². The fourth-order valence-corrected chi connectivity index (χ4v) is 2.30. The minimum absolute atomic E-state index is 0.852. The van der Waals surface area contributed by atoms with Gasteiger partial charge in [-0.1, -0.05) is 19.1 Å². The molecule has 1 heterocycles. The number of rotatable bonds is 4. The Hall–Kier alpha value is -1.06. The molecule has 0 saturated carbocycles. The van der Waals surface area contributed by atoms with Gasteiger partial charge < -0.3 is 15.5 Å². The highest BCUT2D eigenvalue weighted by Crippen LogP contribution is 2.08. The van der Waals surface area contributed by atoms with Gasteiger partial charge in [0, 0.05) is 38.4 Å². The predicted octanol–water partition coefficient (Wildman–Crippen LogP) is 1.45. The van der Waals surface area contributed by atoms with E-state index in [2.05, 4.69) is 28.9 Å². The van der Waals surface area contributed by atoms with Crippen LogP contribution in [0.2, 0.25) is 0 Å². The SMILES string of the molecule is CCN1CCN(CCc2ccc(N)cc2)CC1. The standard InChI is InChI=1S/C14H23N3/c1-2-16-9-11-17(12-10-16)8-7-13-3-5-14(15)6-4-13/h3-6H,2,7-12,15H2,1H3. The zero-order valence-electron chi connectivity index (χ0n) is 10.7. The summed E-state index contributed by atoms with van der Waals surface area (Å²) in [4.78, 5) is 5.07. The van der Waals surface area contributed by atoms with Gasteiger partial charge in [-0.15, -0.1) is 0 Å². The lowest BCUT2D eigenvalue weighted by Crippen LogP contribution is -2.46. The van der Waals surface area contributed by atoms with Crippen molar-refractivity contribution in [2.75, 3.05) is 45.0 Å². The molecular weight excluding hydrogens is 210 g/mol. The van der Waals surface area contributed by atoms with Gasteiger partial charge in [0.05, 0.1) is 0 Å². The maximum Gasteiger partial charge on any atom is 0.0314 e. The molecule has 0 aromatic heterocycles. The van der Waals surface area contributed by atoms with E-state index in [9.17, 15) is 0 Å². The van der Waals surface area contributed by atoms with E-state index in [1.54, 1.807) is 0 Å². The molecule has 0 spiro atoms. The van der Waals surface area contributed by atoms with Gasteiger partial charge in [-0.05, 0) is 30.7 Å². The number of hydrogen-bond acceptors (Lipinski definition) is 3. The Morgan fingerprint density at radius 1 is 1.00 bits per heavy atom. The number of hydrogen-bond donors (Lipinski definition) is 1. The van der Waals surface area contributed by atoms with Crippen LogP contribution in [0.4, 0.5) is 5.69 Å². The Morgan fingerprint density at radius 3 is 2.18 bits per heavy atom. The summed E-state index contributed by atoms with van der Waals surface area (Å²) in [6, 6.07) is 8.25. The number of piperazine rings is 1. The van der Waals surface area contributed by atoms with E-state index in [-0.39, 0.29) is 0 Å². The maximum absolute atomic E-state index is 5.68. The minimum atomic E-state index is 0.852. The van der Waals surface area contributed by atoms with E-state index < -0.39 is 0 Å². The molecule has 1 saturated heterocycles. The Balaban J connectivity index is 1.74. The third-order valence-electron chi connectivity index (χ3n) is 3.61.